The number of piperidine rings is 1. The molecule has 3 rings (SSSR count). The van der Waals surface area contributed by atoms with Crippen LogP contribution >= 0.6 is 0 Å². The van der Waals surface area contributed by atoms with Crippen LogP contribution in [0.2, 0.25) is 0 Å². The van der Waals surface area contributed by atoms with E-state index in [1.165, 1.54) is 19.3 Å². The first-order valence-electron chi connectivity index (χ1n) is 7.74. The molecule has 0 saturated carbocycles. The molecule has 0 N–H and O–H groups in total. The van der Waals surface area contributed by atoms with E-state index in [2.05, 4.69) is 17.9 Å². The quantitative estimate of drug-likeness (QED) is 0.795. The molecule has 4 heteroatoms. The third-order valence-electron chi connectivity index (χ3n) is 4.14. The lowest BCUT2D eigenvalue weighted by Crippen LogP contribution is -2.31. The van der Waals surface area contributed by atoms with Crippen LogP contribution in [-0.4, -0.2) is 30.6 Å². The Kier molecular flexibility index (Phi) is 3.90. The summed E-state index contributed by atoms with van der Waals surface area (Å²) in [6, 6.07) is 2.11. The highest BCUT2D eigenvalue weighted by Crippen LogP contribution is 2.27. The maximum atomic E-state index is 12.0. The van der Waals surface area contributed by atoms with E-state index in [0.29, 0.717) is 6.61 Å². The highest BCUT2D eigenvalue weighted by atomic mass is 16.5. The smallest absolute Gasteiger partial charge is 0.340 e. The number of hydrogen-bond donors (Lipinski definition) is 0. The molecular formula is C16H22N2O2. The van der Waals surface area contributed by atoms with Crippen LogP contribution in [0.4, 0.5) is 5.82 Å². The zero-order valence-electron chi connectivity index (χ0n) is 12.2. The zero-order chi connectivity index (χ0) is 13.9. The molecule has 0 radical (unpaired) electrons. The van der Waals surface area contributed by atoms with Crippen molar-refractivity contribution in [2.24, 2.45) is 0 Å². The second-order valence-electron chi connectivity index (χ2n) is 5.64. The molecular weight excluding hydrogens is 252 g/mol. The van der Waals surface area contributed by atoms with Gasteiger partial charge in [-0.25, -0.2) is 9.78 Å². The molecule has 0 spiro atoms. The summed E-state index contributed by atoms with van der Waals surface area (Å²) in [4.78, 5) is 19.1. The molecule has 3 heterocycles. The van der Waals surface area contributed by atoms with Gasteiger partial charge in [-0.3, -0.25) is 0 Å². The number of aryl methyl sites for hydroxylation is 1. The van der Waals surface area contributed by atoms with Gasteiger partial charge in [0.1, 0.15) is 5.82 Å². The van der Waals surface area contributed by atoms with Crippen molar-refractivity contribution < 1.29 is 9.53 Å². The van der Waals surface area contributed by atoms with Crippen molar-refractivity contribution in [2.45, 2.75) is 45.4 Å². The summed E-state index contributed by atoms with van der Waals surface area (Å²) < 4.78 is 5.18. The largest absolute Gasteiger partial charge is 0.462 e. The lowest BCUT2D eigenvalue weighted by atomic mass is 9.99. The summed E-state index contributed by atoms with van der Waals surface area (Å²) >= 11 is 0. The Morgan fingerprint density at radius 2 is 2.10 bits per heavy atom. The fourth-order valence-electron chi connectivity index (χ4n) is 3.11. The van der Waals surface area contributed by atoms with Gasteiger partial charge in [0.2, 0.25) is 0 Å². The van der Waals surface area contributed by atoms with Crippen molar-refractivity contribution in [1.29, 1.82) is 0 Å². The molecule has 2 aliphatic heterocycles. The topological polar surface area (TPSA) is 42.4 Å². The maximum Gasteiger partial charge on any atom is 0.340 e. The average molecular weight is 274 g/mol. The van der Waals surface area contributed by atoms with Gasteiger partial charge < -0.3 is 9.64 Å². The van der Waals surface area contributed by atoms with Gasteiger partial charge in [-0.2, -0.15) is 0 Å². The summed E-state index contributed by atoms with van der Waals surface area (Å²) in [5, 5.41) is 0. The minimum Gasteiger partial charge on any atom is -0.462 e. The molecule has 0 aromatic carbocycles. The van der Waals surface area contributed by atoms with E-state index in [-0.39, 0.29) is 5.97 Å². The normalized spacial score (nSPS) is 18.6. The van der Waals surface area contributed by atoms with Crippen LogP contribution in [0.25, 0.3) is 0 Å². The molecule has 1 saturated heterocycles. The van der Waals surface area contributed by atoms with Gasteiger partial charge in [0, 0.05) is 19.5 Å². The second-order valence-corrected chi connectivity index (χ2v) is 5.64. The van der Waals surface area contributed by atoms with Gasteiger partial charge >= 0.3 is 5.97 Å². The van der Waals surface area contributed by atoms with E-state index < -0.39 is 0 Å². The molecule has 1 aromatic rings. The van der Waals surface area contributed by atoms with Crippen molar-refractivity contribution in [3.05, 3.63) is 22.9 Å². The van der Waals surface area contributed by atoms with E-state index in [1.54, 1.807) is 0 Å². The molecule has 108 valence electrons. The van der Waals surface area contributed by atoms with Crippen molar-refractivity contribution in [2.75, 3.05) is 24.6 Å². The number of fused-ring (bicyclic) bond motifs is 1. The molecule has 0 unspecified atom stereocenters. The number of rotatable bonds is 3. The van der Waals surface area contributed by atoms with E-state index >= 15 is 0 Å². The number of hydrogen-bond acceptors (Lipinski definition) is 4. The minimum absolute atomic E-state index is 0.188. The number of pyridine rings is 1. The fourth-order valence-corrected chi connectivity index (χ4v) is 3.11. The summed E-state index contributed by atoms with van der Waals surface area (Å²) in [6.07, 6.45) is 6.46. The van der Waals surface area contributed by atoms with Crippen molar-refractivity contribution in [3.8, 4) is 0 Å². The van der Waals surface area contributed by atoms with Crippen LogP contribution < -0.4 is 4.90 Å². The molecule has 1 aromatic heterocycles. The summed E-state index contributed by atoms with van der Waals surface area (Å²) in [5.74, 6) is 0.869. The Balaban J connectivity index is 1.99. The number of esters is 1. The minimum atomic E-state index is -0.188. The number of aromatic nitrogens is 1. The molecule has 4 nitrogen and oxygen atoms in total. The summed E-state index contributed by atoms with van der Waals surface area (Å²) in [7, 11) is 0. The van der Waals surface area contributed by atoms with Gasteiger partial charge in [0.25, 0.3) is 0 Å². The molecule has 20 heavy (non-hydrogen) atoms. The van der Waals surface area contributed by atoms with Crippen LogP contribution in [0.5, 0.6) is 0 Å². The number of nitrogens with zero attached hydrogens (tertiary/aromatic N) is 2. The predicted octanol–water partition coefficient (Wildman–Crippen LogP) is 2.74. The van der Waals surface area contributed by atoms with Gasteiger partial charge in [-0.05, 0) is 37.3 Å². The van der Waals surface area contributed by atoms with Gasteiger partial charge in [0.15, 0.2) is 0 Å². The van der Waals surface area contributed by atoms with Crippen molar-refractivity contribution in [1.82, 2.24) is 4.98 Å². The van der Waals surface area contributed by atoms with E-state index in [0.717, 1.165) is 55.0 Å². The predicted molar refractivity (Wildman–Crippen MR) is 78.3 cm³/mol. The van der Waals surface area contributed by atoms with Gasteiger partial charge in [-0.15, -0.1) is 0 Å². The fraction of sp³-hybridized carbons (Fsp3) is 0.625. The van der Waals surface area contributed by atoms with Crippen LogP contribution in [0, 0.1) is 0 Å². The van der Waals surface area contributed by atoms with E-state index in [1.807, 2.05) is 0 Å². The van der Waals surface area contributed by atoms with Crippen LogP contribution in [0.3, 0.4) is 0 Å². The Morgan fingerprint density at radius 1 is 1.30 bits per heavy atom. The van der Waals surface area contributed by atoms with E-state index in [4.69, 9.17) is 9.72 Å². The van der Waals surface area contributed by atoms with Crippen LogP contribution in [-0.2, 0) is 17.6 Å². The first-order valence-corrected chi connectivity index (χ1v) is 7.74. The van der Waals surface area contributed by atoms with Crippen LogP contribution in [0.15, 0.2) is 6.07 Å². The number of carbonyl (C=O) groups is 1. The summed E-state index contributed by atoms with van der Waals surface area (Å²) in [5.41, 5.74) is 2.79. The first kappa shape index (κ1) is 13.4. The number of anilines is 1. The van der Waals surface area contributed by atoms with Gasteiger partial charge in [0.05, 0.1) is 17.9 Å². The lowest BCUT2D eigenvalue weighted by Gasteiger charge is -2.29. The summed E-state index contributed by atoms with van der Waals surface area (Å²) in [6.45, 7) is 4.79. The Morgan fingerprint density at radius 3 is 2.85 bits per heavy atom. The second kappa shape index (κ2) is 5.81. The maximum absolute atomic E-state index is 12.0. The average Bonchev–Trinajstić information content (AvgIpc) is 2.48. The Labute approximate surface area is 120 Å². The first-order chi connectivity index (χ1) is 9.79. The molecule has 0 atom stereocenters. The number of carbonyl (C=O) groups excluding carboxylic acids is 1. The third kappa shape index (κ3) is 2.51. The SMILES string of the molecule is CCCc1nc(N2CCCCC2)cc2c1C(=O)OCC2. The molecule has 1 fully saturated rings. The standard InChI is InChI=1S/C16H22N2O2/c1-2-6-13-15-12(7-10-20-16(15)19)11-14(17-13)18-8-4-3-5-9-18/h11H,2-10H2,1H3. The number of ether oxygens (including phenoxy) is 1. The molecule has 2 aliphatic rings. The Bertz CT molecular complexity index is 507. The number of cyclic esters (lactones) is 1. The van der Waals surface area contributed by atoms with Crippen LogP contribution in [0.1, 0.15) is 54.2 Å². The monoisotopic (exact) mass is 274 g/mol. The molecule has 0 amide bonds. The molecule has 0 aliphatic carbocycles. The molecule has 0 bridgehead atoms. The lowest BCUT2D eigenvalue weighted by molar-refractivity contribution is 0.0478. The van der Waals surface area contributed by atoms with E-state index in [9.17, 15) is 4.79 Å². The Hall–Kier alpha value is -1.58. The highest BCUT2D eigenvalue weighted by Gasteiger charge is 2.25. The highest BCUT2D eigenvalue weighted by molar-refractivity contribution is 5.93. The van der Waals surface area contributed by atoms with Crippen molar-refractivity contribution in [3.63, 3.8) is 0 Å². The van der Waals surface area contributed by atoms with Crippen molar-refractivity contribution >= 4 is 11.8 Å². The van der Waals surface area contributed by atoms with Gasteiger partial charge in [-0.1, -0.05) is 13.3 Å². The third-order valence-corrected chi connectivity index (χ3v) is 4.14. The zero-order valence-corrected chi connectivity index (χ0v) is 12.2.